The summed E-state index contributed by atoms with van der Waals surface area (Å²) < 4.78 is 1.75. The van der Waals surface area contributed by atoms with Crippen molar-refractivity contribution < 1.29 is 4.79 Å². The van der Waals surface area contributed by atoms with E-state index in [9.17, 15) is 4.79 Å². The molecule has 0 radical (unpaired) electrons. The number of carbonyl (C=O) groups is 1. The molecule has 6 nitrogen and oxygen atoms in total. The maximum atomic E-state index is 12.0. The van der Waals surface area contributed by atoms with Gasteiger partial charge in [-0.05, 0) is 28.7 Å². The van der Waals surface area contributed by atoms with E-state index < -0.39 is 0 Å². The van der Waals surface area contributed by atoms with Gasteiger partial charge < -0.3 is 5.32 Å². The zero-order valence-corrected chi connectivity index (χ0v) is 12.0. The lowest BCUT2D eigenvalue weighted by Gasteiger charge is -2.36. The van der Waals surface area contributed by atoms with Crippen molar-refractivity contribution in [3.05, 3.63) is 6.33 Å². The zero-order valence-electron chi connectivity index (χ0n) is 11.1. The predicted molar refractivity (Wildman–Crippen MR) is 74.8 cm³/mol. The quantitative estimate of drug-likeness (QED) is 0.766. The first-order valence-electron chi connectivity index (χ1n) is 6.82. The Morgan fingerprint density at radius 1 is 1.37 bits per heavy atom. The van der Waals surface area contributed by atoms with Gasteiger partial charge in [0, 0.05) is 18.7 Å². The molecule has 7 heteroatoms. The van der Waals surface area contributed by atoms with Crippen LogP contribution in [0.1, 0.15) is 38.5 Å². The molecule has 1 saturated carbocycles. The van der Waals surface area contributed by atoms with Crippen LogP contribution in [0.4, 0.5) is 0 Å². The first-order valence-corrected chi connectivity index (χ1v) is 7.46. The van der Waals surface area contributed by atoms with Crippen LogP contribution in [0.15, 0.2) is 6.33 Å². The van der Waals surface area contributed by atoms with Crippen LogP contribution < -0.4 is 5.32 Å². The normalized spacial score (nSPS) is 18.2. The van der Waals surface area contributed by atoms with Crippen LogP contribution in [-0.4, -0.2) is 38.4 Å². The lowest BCUT2D eigenvalue weighted by Crippen LogP contribution is -2.37. The van der Waals surface area contributed by atoms with E-state index in [4.69, 9.17) is 0 Å². The molecule has 2 rings (SSSR count). The van der Waals surface area contributed by atoms with Crippen molar-refractivity contribution in [1.29, 1.82) is 0 Å². The molecular formula is C12H21N5OS. The number of aromatic nitrogens is 4. The predicted octanol–water partition coefficient (Wildman–Crippen LogP) is 1.06. The summed E-state index contributed by atoms with van der Waals surface area (Å²) in [5.74, 6) is 0.787. The largest absolute Gasteiger partial charge is 0.355 e. The molecule has 0 aliphatic heterocycles. The first-order chi connectivity index (χ1) is 9.24. The number of tetrazole rings is 1. The van der Waals surface area contributed by atoms with Gasteiger partial charge in [-0.25, -0.2) is 4.68 Å². The second-order valence-corrected chi connectivity index (χ2v) is 5.77. The van der Waals surface area contributed by atoms with Crippen molar-refractivity contribution in [3.63, 3.8) is 0 Å². The maximum absolute atomic E-state index is 12.0. The molecule has 1 N–H and O–H groups in total. The number of nitrogens with one attached hydrogen (secondary N) is 1. The van der Waals surface area contributed by atoms with Crippen molar-refractivity contribution in [2.75, 3.05) is 12.3 Å². The molecule has 1 aromatic rings. The molecule has 0 spiro atoms. The minimum absolute atomic E-state index is 0.00825. The van der Waals surface area contributed by atoms with Crippen molar-refractivity contribution in [1.82, 2.24) is 25.5 Å². The number of amides is 1. The fourth-order valence-electron chi connectivity index (χ4n) is 2.89. The molecule has 1 aliphatic rings. The number of hydrogen-bond donors (Lipinski definition) is 2. The van der Waals surface area contributed by atoms with E-state index in [0.29, 0.717) is 18.7 Å². The Morgan fingerprint density at radius 2 is 2.16 bits per heavy atom. The number of hydrogen-bond acceptors (Lipinski definition) is 5. The lowest BCUT2D eigenvalue weighted by molar-refractivity contribution is -0.124. The van der Waals surface area contributed by atoms with Crippen LogP contribution in [0.2, 0.25) is 0 Å². The van der Waals surface area contributed by atoms with Crippen LogP contribution in [0, 0.1) is 5.41 Å². The highest BCUT2D eigenvalue weighted by Crippen LogP contribution is 2.40. The van der Waals surface area contributed by atoms with Crippen molar-refractivity contribution in [2.24, 2.45) is 5.41 Å². The van der Waals surface area contributed by atoms with Crippen LogP contribution in [0.5, 0.6) is 0 Å². The van der Waals surface area contributed by atoms with Crippen LogP contribution in [0.3, 0.4) is 0 Å². The Hall–Kier alpha value is -1.11. The van der Waals surface area contributed by atoms with Crippen LogP contribution >= 0.6 is 12.6 Å². The van der Waals surface area contributed by atoms with Gasteiger partial charge in [0.1, 0.15) is 6.33 Å². The Kier molecular flexibility index (Phi) is 5.18. The fourth-order valence-corrected chi connectivity index (χ4v) is 3.00. The molecule has 1 heterocycles. The monoisotopic (exact) mass is 283 g/mol. The van der Waals surface area contributed by atoms with Gasteiger partial charge in [0.25, 0.3) is 0 Å². The Bertz CT molecular complexity index is 389. The first kappa shape index (κ1) is 14.3. The SMILES string of the molecule is O=C(CC1(Cn2cnnn2)CCCCC1)NCCS. The van der Waals surface area contributed by atoms with Gasteiger partial charge in [-0.15, -0.1) is 5.10 Å². The highest BCUT2D eigenvalue weighted by Gasteiger charge is 2.35. The third kappa shape index (κ3) is 4.19. The molecule has 1 amide bonds. The standard InChI is InChI=1S/C12H21N5OS/c18-11(13-6-7-19)8-12(4-2-1-3-5-12)9-17-10-14-15-16-17/h10,19H,1-9H2,(H,13,18). The number of nitrogens with zero attached hydrogens (tertiary/aromatic N) is 4. The van der Waals surface area contributed by atoms with Gasteiger partial charge >= 0.3 is 0 Å². The van der Waals surface area contributed by atoms with E-state index in [-0.39, 0.29) is 11.3 Å². The van der Waals surface area contributed by atoms with Gasteiger partial charge in [-0.2, -0.15) is 12.6 Å². The second-order valence-electron chi connectivity index (χ2n) is 5.32. The minimum Gasteiger partial charge on any atom is -0.355 e. The summed E-state index contributed by atoms with van der Waals surface area (Å²) in [6.07, 6.45) is 7.95. The van der Waals surface area contributed by atoms with Gasteiger partial charge in [-0.1, -0.05) is 19.3 Å². The highest BCUT2D eigenvalue weighted by molar-refractivity contribution is 7.80. The van der Waals surface area contributed by atoms with Crippen molar-refractivity contribution in [3.8, 4) is 0 Å². The van der Waals surface area contributed by atoms with Crippen molar-refractivity contribution in [2.45, 2.75) is 45.1 Å². The summed E-state index contributed by atoms with van der Waals surface area (Å²) in [7, 11) is 0. The summed E-state index contributed by atoms with van der Waals surface area (Å²) in [5.41, 5.74) is 0.00825. The summed E-state index contributed by atoms with van der Waals surface area (Å²) in [5, 5.41) is 14.2. The average molecular weight is 283 g/mol. The van der Waals surface area contributed by atoms with Gasteiger partial charge in [-0.3, -0.25) is 4.79 Å². The fraction of sp³-hybridized carbons (Fsp3) is 0.833. The highest BCUT2D eigenvalue weighted by atomic mass is 32.1. The maximum Gasteiger partial charge on any atom is 0.220 e. The van der Waals surface area contributed by atoms with Gasteiger partial charge in [0.15, 0.2) is 0 Å². The van der Waals surface area contributed by atoms with E-state index in [1.54, 1.807) is 11.0 Å². The molecular weight excluding hydrogens is 262 g/mol. The third-order valence-corrected chi connectivity index (χ3v) is 4.00. The van der Waals surface area contributed by atoms with E-state index in [2.05, 4.69) is 33.5 Å². The summed E-state index contributed by atoms with van der Waals surface area (Å²) in [6.45, 7) is 1.36. The molecule has 1 fully saturated rings. The molecule has 19 heavy (non-hydrogen) atoms. The molecule has 0 saturated heterocycles. The minimum atomic E-state index is 0.00825. The topological polar surface area (TPSA) is 72.7 Å². The molecule has 0 unspecified atom stereocenters. The van der Waals surface area contributed by atoms with E-state index in [1.807, 2.05) is 0 Å². The Labute approximate surface area is 118 Å². The molecule has 0 bridgehead atoms. The van der Waals surface area contributed by atoms with Crippen LogP contribution in [-0.2, 0) is 11.3 Å². The number of rotatable bonds is 6. The molecule has 0 atom stereocenters. The van der Waals surface area contributed by atoms with Crippen LogP contribution in [0.25, 0.3) is 0 Å². The Balaban J connectivity index is 1.99. The second kappa shape index (κ2) is 6.88. The van der Waals surface area contributed by atoms with Gasteiger partial charge in [0.05, 0.1) is 6.54 Å². The summed E-state index contributed by atoms with van der Waals surface area (Å²) in [4.78, 5) is 12.0. The number of thiol groups is 1. The summed E-state index contributed by atoms with van der Waals surface area (Å²) in [6, 6.07) is 0. The molecule has 1 aliphatic carbocycles. The van der Waals surface area contributed by atoms with Crippen molar-refractivity contribution >= 4 is 18.5 Å². The summed E-state index contributed by atoms with van der Waals surface area (Å²) >= 11 is 4.11. The molecule has 106 valence electrons. The molecule has 1 aromatic heterocycles. The lowest BCUT2D eigenvalue weighted by atomic mass is 9.71. The average Bonchev–Trinajstić information content (AvgIpc) is 2.90. The van der Waals surface area contributed by atoms with Gasteiger partial charge in [0.2, 0.25) is 5.91 Å². The Morgan fingerprint density at radius 3 is 2.79 bits per heavy atom. The molecule has 0 aromatic carbocycles. The zero-order chi connectivity index (χ0) is 13.6. The smallest absolute Gasteiger partial charge is 0.220 e. The third-order valence-electron chi connectivity index (χ3n) is 3.77. The van der Waals surface area contributed by atoms with E-state index in [1.165, 1.54) is 19.3 Å². The number of carbonyl (C=O) groups excluding carboxylic acids is 1. The van der Waals surface area contributed by atoms with E-state index in [0.717, 1.165) is 19.4 Å². The van der Waals surface area contributed by atoms with E-state index >= 15 is 0 Å².